The van der Waals surface area contributed by atoms with Gasteiger partial charge in [0.15, 0.2) is 9.84 Å². The van der Waals surface area contributed by atoms with E-state index in [1.54, 1.807) is 54.6 Å². The Bertz CT molecular complexity index is 1340. The van der Waals surface area contributed by atoms with Gasteiger partial charge in [-0.1, -0.05) is 36.4 Å². The predicted octanol–water partition coefficient (Wildman–Crippen LogP) is 3.54. The lowest BCUT2D eigenvalue weighted by Crippen LogP contribution is -2.26. The van der Waals surface area contributed by atoms with E-state index in [-0.39, 0.29) is 5.56 Å². The van der Waals surface area contributed by atoms with Gasteiger partial charge in [0.1, 0.15) is 10.6 Å². The fourth-order valence-electron chi connectivity index (χ4n) is 3.09. The maximum Gasteiger partial charge on any atom is 0.339 e. The smallest absolute Gasteiger partial charge is 0.339 e. The van der Waals surface area contributed by atoms with Gasteiger partial charge >= 0.3 is 5.97 Å². The van der Waals surface area contributed by atoms with Gasteiger partial charge < -0.3 is 14.8 Å². The second-order valence-electron chi connectivity index (χ2n) is 7.13. The zero-order chi connectivity index (χ0) is 24.9. The van der Waals surface area contributed by atoms with E-state index in [4.69, 9.17) is 9.47 Å². The molecular weight excluding hydrogens is 464 g/mol. The Morgan fingerprint density at radius 1 is 1.00 bits per heavy atom. The third-order valence-corrected chi connectivity index (χ3v) is 5.84. The molecule has 1 atom stereocenters. The topological polar surface area (TPSA) is 142 Å². The molecule has 11 heteroatoms. The number of ether oxygens (including phenoxy) is 2. The summed E-state index contributed by atoms with van der Waals surface area (Å²) in [6.07, 6.45) is -0.574. The van der Waals surface area contributed by atoms with Gasteiger partial charge in [-0.2, -0.15) is 0 Å². The number of nitro groups is 1. The van der Waals surface area contributed by atoms with Crippen LogP contribution in [0.1, 0.15) is 22.0 Å². The first kappa shape index (κ1) is 24.4. The van der Waals surface area contributed by atoms with Crippen LogP contribution in [0.5, 0.6) is 5.75 Å². The molecule has 0 bridgehead atoms. The third kappa shape index (κ3) is 5.75. The minimum absolute atomic E-state index is 0.283. The molecule has 0 saturated carbocycles. The summed E-state index contributed by atoms with van der Waals surface area (Å²) in [6, 6.07) is 17.6. The number of hydrogen-bond acceptors (Lipinski definition) is 8. The molecular formula is C23H20N2O8S. The number of nitrogens with one attached hydrogen (secondary N) is 1. The Morgan fingerprint density at radius 3 is 2.32 bits per heavy atom. The van der Waals surface area contributed by atoms with Gasteiger partial charge in [0.05, 0.1) is 17.6 Å². The fraction of sp³-hybridized carbons (Fsp3) is 0.130. The maximum absolute atomic E-state index is 13.0. The van der Waals surface area contributed by atoms with Crippen molar-refractivity contribution in [1.82, 2.24) is 0 Å². The van der Waals surface area contributed by atoms with Gasteiger partial charge in [0.2, 0.25) is 6.10 Å². The van der Waals surface area contributed by atoms with E-state index in [2.05, 4.69) is 5.32 Å². The van der Waals surface area contributed by atoms with Crippen LogP contribution < -0.4 is 10.1 Å². The second-order valence-corrected chi connectivity index (χ2v) is 9.11. The van der Waals surface area contributed by atoms with Crippen molar-refractivity contribution in [3.05, 3.63) is 94.0 Å². The average molecular weight is 484 g/mol. The highest BCUT2D eigenvalue weighted by atomic mass is 32.2. The molecule has 34 heavy (non-hydrogen) atoms. The standard InChI is InChI=1S/C23H20N2O8S/c1-32-18-10-6-9-17(14-18)24-22(26)21(15-7-4-3-5-8-15)33-23(27)16-11-12-20(34(2,30)31)19(13-16)25(28)29/h3-14,21H,1-2H3,(H,24,26)/t21-/m0/s1. The van der Waals surface area contributed by atoms with Gasteiger partial charge in [-0.25, -0.2) is 13.2 Å². The highest BCUT2D eigenvalue weighted by Gasteiger charge is 2.29. The van der Waals surface area contributed by atoms with E-state index in [0.717, 1.165) is 24.5 Å². The van der Waals surface area contributed by atoms with Gasteiger partial charge in [-0.15, -0.1) is 0 Å². The monoisotopic (exact) mass is 484 g/mol. The van der Waals surface area contributed by atoms with Gasteiger partial charge in [-0.05, 0) is 24.3 Å². The van der Waals surface area contributed by atoms with Crippen LogP contribution in [0.3, 0.4) is 0 Å². The number of carbonyl (C=O) groups excluding carboxylic acids is 2. The summed E-state index contributed by atoms with van der Waals surface area (Å²) in [5.41, 5.74) is -0.295. The van der Waals surface area contributed by atoms with Crippen molar-refractivity contribution in [3.63, 3.8) is 0 Å². The Labute approximate surface area is 195 Å². The lowest BCUT2D eigenvalue weighted by Gasteiger charge is -2.18. The van der Waals surface area contributed by atoms with Gasteiger partial charge in [0, 0.05) is 29.6 Å². The van der Waals surface area contributed by atoms with Crippen LogP contribution in [0, 0.1) is 10.1 Å². The molecule has 0 unspecified atom stereocenters. The van der Waals surface area contributed by atoms with Gasteiger partial charge in [0.25, 0.3) is 11.6 Å². The number of methoxy groups -OCH3 is 1. The number of hydrogen-bond donors (Lipinski definition) is 1. The first-order chi connectivity index (χ1) is 16.1. The van der Waals surface area contributed by atoms with E-state index >= 15 is 0 Å². The molecule has 3 aromatic carbocycles. The van der Waals surface area contributed by atoms with Crippen LogP contribution in [0.25, 0.3) is 0 Å². The van der Waals surface area contributed by atoms with Crippen LogP contribution >= 0.6 is 0 Å². The van der Waals surface area contributed by atoms with E-state index < -0.39 is 43.3 Å². The normalized spacial score (nSPS) is 11.8. The Balaban J connectivity index is 1.92. The van der Waals surface area contributed by atoms with Crippen molar-refractivity contribution in [2.45, 2.75) is 11.0 Å². The molecule has 0 aliphatic heterocycles. The Hall–Kier alpha value is -4.25. The molecule has 0 saturated heterocycles. The summed E-state index contributed by atoms with van der Waals surface area (Å²) in [5.74, 6) is -1.21. The van der Waals surface area contributed by atoms with E-state index in [0.29, 0.717) is 17.0 Å². The van der Waals surface area contributed by atoms with Crippen LogP contribution in [0.15, 0.2) is 77.7 Å². The van der Waals surface area contributed by atoms with Crippen LogP contribution in [0.2, 0.25) is 0 Å². The molecule has 10 nitrogen and oxygen atoms in total. The van der Waals surface area contributed by atoms with E-state index in [9.17, 15) is 28.1 Å². The lowest BCUT2D eigenvalue weighted by atomic mass is 10.1. The summed E-state index contributed by atoms with van der Waals surface area (Å²) >= 11 is 0. The zero-order valence-electron chi connectivity index (χ0n) is 18.1. The largest absolute Gasteiger partial charge is 0.497 e. The number of anilines is 1. The fourth-order valence-corrected chi connectivity index (χ4v) is 3.91. The Morgan fingerprint density at radius 2 is 1.71 bits per heavy atom. The molecule has 0 fully saturated rings. The molecule has 0 aliphatic carbocycles. The van der Waals surface area contributed by atoms with Crippen LogP contribution in [-0.4, -0.2) is 38.6 Å². The summed E-state index contributed by atoms with van der Waals surface area (Å²) in [4.78, 5) is 35.8. The summed E-state index contributed by atoms with van der Waals surface area (Å²) in [7, 11) is -2.43. The van der Waals surface area contributed by atoms with Crippen molar-refractivity contribution in [1.29, 1.82) is 0 Å². The summed E-state index contributed by atoms with van der Waals surface area (Å²) in [5, 5.41) is 14.0. The Kier molecular flexibility index (Phi) is 7.27. The van der Waals surface area contributed by atoms with Crippen molar-refractivity contribution in [2.75, 3.05) is 18.7 Å². The van der Waals surface area contributed by atoms with Crippen molar-refractivity contribution >= 4 is 33.1 Å². The number of nitrogens with zero attached hydrogens (tertiary/aromatic N) is 1. The summed E-state index contributed by atoms with van der Waals surface area (Å²) in [6.45, 7) is 0. The second kappa shape index (κ2) is 10.1. The number of nitro benzene ring substituents is 1. The first-order valence-corrected chi connectivity index (χ1v) is 11.7. The summed E-state index contributed by atoms with van der Waals surface area (Å²) < 4.78 is 34.2. The molecule has 176 valence electrons. The molecule has 0 aromatic heterocycles. The van der Waals surface area contributed by atoms with Crippen LogP contribution in [0.4, 0.5) is 11.4 Å². The molecule has 0 heterocycles. The minimum atomic E-state index is -3.91. The highest BCUT2D eigenvalue weighted by molar-refractivity contribution is 7.90. The number of benzene rings is 3. The number of rotatable bonds is 8. The van der Waals surface area contributed by atoms with Crippen molar-refractivity contribution in [3.8, 4) is 5.75 Å². The molecule has 0 radical (unpaired) electrons. The number of carbonyl (C=O) groups is 2. The molecule has 1 N–H and O–H groups in total. The minimum Gasteiger partial charge on any atom is -0.497 e. The quantitative estimate of drug-likeness (QED) is 0.291. The van der Waals surface area contributed by atoms with Crippen molar-refractivity contribution < 1.29 is 32.4 Å². The number of sulfone groups is 1. The zero-order valence-corrected chi connectivity index (χ0v) is 18.9. The lowest BCUT2D eigenvalue weighted by molar-refractivity contribution is -0.387. The molecule has 3 aromatic rings. The van der Waals surface area contributed by atoms with E-state index in [1.165, 1.54) is 7.11 Å². The molecule has 3 rings (SSSR count). The van der Waals surface area contributed by atoms with Crippen molar-refractivity contribution in [2.24, 2.45) is 0 Å². The number of esters is 1. The molecule has 0 spiro atoms. The molecule has 1 amide bonds. The highest BCUT2D eigenvalue weighted by Crippen LogP contribution is 2.27. The SMILES string of the molecule is COc1cccc(NC(=O)[C@@H](OC(=O)c2ccc(S(C)(=O)=O)c([N+](=O)[O-])c2)c2ccccc2)c1. The van der Waals surface area contributed by atoms with Gasteiger partial charge in [-0.3, -0.25) is 14.9 Å². The first-order valence-electron chi connectivity index (χ1n) is 9.79. The van der Waals surface area contributed by atoms with Crippen LogP contribution in [-0.2, 0) is 19.4 Å². The maximum atomic E-state index is 13.0. The number of amides is 1. The van der Waals surface area contributed by atoms with E-state index in [1.807, 2.05) is 0 Å². The third-order valence-electron chi connectivity index (χ3n) is 4.69. The molecule has 0 aliphatic rings. The average Bonchev–Trinajstić information content (AvgIpc) is 2.82. The predicted molar refractivity (Wildman–Crippen MR) is 122 cm³/mol.